The molecule has 0 spiro atoms. The SMILES string of the molecule is c1ccc(C2=NC(c3cccc(-c4ccccc4)c3)NC(c3ccc(-c4ccc(-c5nc6ccccc6n5-c5ccccc5)cc4)c4ccccc34)=N2)cc1. The molecule has 260 valence electrons. The fourth-order valence-electron chi connectivity index (χ4n) is 7.61. The van der Waals surface area contributed by atoms with E-state index in [0.29, 0.717) is 5.84 Å². The first-order chi connectivity index (χ1) is 27.3. The van der Waals surface area contributed by atoms with Gasteiger partial charge < -0.3 is 5.32 Å². The van der Waals surface area contributed by atoms with E-state index in [9.17, 15) is 0 Å². The van der Waals surface area contributed by atoms with E-state index in [1.165, 1.54) is 5.56 Å². The van der Waals surface area contributed by atoms with E-state index in [-0.39, 0.29) is 6.17 Å². The Bertz CT molecular complexity index is 2870. The molecular weight excluding hydrogens is 671 g/mol. The second-order valence-electron chi connectivity index (χ2n) is 13.7. The standard InChI is InChI=1S/C50H35N5/c1-4-15-34(16-5-1)38-19-14-20-39(33-38)48-52-47(36-17-6-2-7-18-36)53-49(54-48)44-32-31-41(42-23-10-11-24-43(42)44)35-27-29-37(30-28-35)50-51-45-25-12-13-26-46(45)55(50)40-21-8-3-9-22-40/h1-33,48H,(H,52,53,54). The van der Waals surface area contributed by atoms with Crippen molar-refractivity contribution in [3.8, 4) is 39.3 Å². The molecule has 1 N–H and O–H groups in total. The minimum absolute atomic E-state index is 0.322. The zero-order valence-corrected chi connectivity index (χ0v) is 29.9. The summed E-state index contributed by atoms with van der Waals surface area (Å²) < 4.78 is 2.24. The average Bonchev–Trinajstić information content (AvgIpc) is 3.67. The summed E-state index contributed by atoms with van der Waals surface area (Å²) in [5.41, 5.74) is 11.9. The number of nitrogens with zero attached hydrogens (tertiary/aromatic N) is 4. The number of hydrogen-bond donors (Lipinski definition) is 1. The molecule has 0 fully saturated rings. The molecule has 1 aliphatic heterocycles. The third-order valence-electron chi connectivity index (χ3n) is 10.3. The van der Waals surface area contributed by atoms with Gasteiger partial charge in [-0.2, -0.15) is 0 Å². The van der Waals surface area contributed by atoms with Crippen LogP contribution in [-0.4, -0.2) is 21.2 Å². The van der Waals surface area contributed by atoms with Crippen molar-refractivity contribution in [2.45, 2.75) is 6.17 Å². The van der Waals surface area contributed by atoms with Gasteiger partial charge in [-0.25, -0.2) is 15.0 Å². The van der Waals surface area contributed by atoms with Crippen molar-refractivity contribution in [1.82, 2.24) is 14.9 Å². The van der Waals surface area contributed by atoms with E-state index in [1.54, 1.807) is 0 Å². The van der Waals surface area contributed by atoms with Crippen LogP contribution in [0.1, 0.15) is 22.9 Å². The predicted molar refractivity (Wildman–Crippen MR) is 227 cm³/mol. The quantitative estimate of drug-likeness (QED) is 0.179. The van der Waals surface area contributed by atoms with E-state index in [1.807, 2.05) is 36.4 Å². The molecule has 0 amide bonds. The van der Waals surface area contributed by atoms with Crippen molar-refractivity contribution >= 4 is 33.5 Å². The highest BCUT2D eigenvalue weighted by molar-refractivity contribution is 6.19. The summed E-state index contributed by atoms with van der Waals surface area (Å²) >= 11 is 0. The minimum atomic E-state index is -0.322. The van der Waals surface area contributed by atoms with E-state index in [2.05, 4.69) is 174 Å². The summed E-state index contributed by atoms with van der Waals surface area (Å²) in [5, 5.41) is 6.00. The van der Waals surface area contributed by atoms with Crippen molar-refractivity contribution in [2.75, 3.05) is 0 Å². The van der Waals surface area contributed by atoms with Crippen LogP contribution in [0.2, 0.25) is 0 Å². The van der Waals surface area contributed by atoms with Crippen LogP contribution in [-0.2, 0) is 0 Å². The van der Waals surface area contributed by atoms with Crippen LogP contribution in [0.25, 0.3) is 61.1 Å². The van der Waals surface area contributed by atoms with Crippen molar-refractivity contribution in [1.29, 1.82) is 0 Å². The molecule has 1 atom stereocenters. The Morgan fingerprint density at radius 1 is 0.455 bits per heavy atom. The highest BCUT2D eigenvalue weighted by atomic mass is 15.2. The summed E-state index contributed by atoms with van der Waals surface area (Å²) in [5.74, 6) is 2.41. The van der Waals surface area contributed by atoms with Crippen molar-refractivity contribution < 1.29 is 0 Å². The minimum Gasteiger partial charge on any atom is -0.344 e. The lowest BCUT2D eigenvalue weighted by atomic mass is 9.93. The van der Waals surface area contributed by atoms with E-state index in [4.69, 9.17) is 15.0 Å². The van der Waals surface area contributed by atoms with Gasteiger partial charge in [0.2, 0.25) is 0 Å². The molecule has 5 heteroatoms. The molecule has 0 bridgehead atoms. The maximum absolute atomic E-state index is 5.17. The van der Waals surface area contributed by atoms with Gasteiger partial charge in [0.05, 0.1) is 11.0 Å². The maximum Gasteiger partial charge on any atom is 0.159 e. The number of amidine groups is 2. The second-order valence-corrected chi connectivity index (χ2v) is 13.7. The van der Waals surface area contributed by atoms with Gasteiger partial charge in [-0.3, -0.25) is 4.57 Å². The van der Waals surface area contributed by atoms with Crippen LogP contribution in [0.4, 0.5) is 0 Å². The van der Waals surface area contributed by atoms with Crippen molar-refractivity contribution in [3.05, 3.63) is 217 Å². The number of benzene rings is 8. The zero-order chi connectivity index (χ0) is 36.6. The molecule has 0 aliphatic carbocycles. The van der Waals surface area contributed by atoms with Gasteiger partial charge in [-0.1, -0.05) is 170 Å². The average molecular weight is 706 g/mol. The predicted octanol–water partition coefficient (Wildman–Crippen LogP) is 11.7. The van der Waals surface area contributed by atoms with Gasteiger partial charge in [0, 0.05) is 22.4 Å². The Kier molecular flexibility index (Phi) is 8.15. The monoisotopic (exact) mass is 705 g/mol. The number of imidazole rings is 1. The lowest BCUT2D eigenvalue weighted by molar-refractivity contribution is 0.675. The number of rotatable bonds is 7. The summed E-state index contributed by atoms with van der Waals surface area (Å²) in [6.07, 6.45) is -0.322. The number of aliphatic imine (C=N–C) groups is 2. The van der Waals surface area contributed by atoms with Crippen LogP contribution in [0, 0.1) is 0 Å². The largest absolute Gasteiger partial charge is 0.344 e. The maximum atomic E-state index is 5.17. The van der Waals surface area contributed by atoms with Crippen molar-refractivity contribution in [3.63, 3.8) is 0 Å². The molecule has 0 saturated carbocycles. The Morgan fingerprint density at radius 2 is 1.05 bits per heavy atom. The molecule has 0 saturated heterocycles. The number of nitrogens with one attached hydrogen (secondary N) is 1. The molecule has 2 heterocycles. The molecule has 5 nitrogen and oxygen atoms in total. The first-order valence-electron chi connectivity index (χ1n) is 18.6. The van der Waals surface area contributed by atoms with Crippen LogP contribution >= 0.6 is 0 Å². The van der Waals surface area contributed by atoms with E-state index >= 15 is 0 Å². The molecule has 1 unspecified atom stereocenters. The topological polar surface area (TPSA) is 54.6 Å². The molecule has 9 aromatic rings. The second kappa shape index (κ2) is 13.9. The lowest BCUT2D eigenvalue weighted by Gasteiger charge is -2.25. The van der Waals surface area contributed by atoms with Gasteiger partial charge in [0.25, 0.3) is 0 Å². The van der Waals surface area contributed by atoms with Crippen LogP contribution in [0.15, 0.2) is 210 Å². The van der Waals surface area contributed by atoms with Crippen LogP contribution in [0.5, 0.6) is 0 Å². The molecule has 8 aromatic carbocycles. The molecule has 10 rings (SSSR count). The highest BCUT2D eigenvalue weighted by Crippen LogP contribution is 2.35. The highest BCUT2D eigenvalue weighted by Gasteiger charge is 2.23. The number of para-hydroxylation sites is 3. The Hall–Kier alpha value is -7.37. The van der Waals surface area contributed by atoms with Gasteiger partial charge >= 0.3 is 0 Å². The lowest BCUT2D eigenvalue weighted by Crippen LogP contribution is -2.33. The Morgan fingerprint density at radius 3 is 1.82 bits per heavy atom. The number of aromatic nitrogens is 2. The first-order valence-corrected chi connectivity index (χ1v) is 18.6. The summed E-state index contributed by atoms with van der Waals surface area (Å²) in [7, 11) is 0. The molecule has 1 aromatic heterocycles. The van der Waals surface area contributed by atoms with Gasteiger partial charge in [-0.05, 0) is 68.9 Å². The summed E-state index contributed by atoms with van der Waals surface area (Å²) in [6, 6.07) is 69.9. The van der Waals surface area contributed by atoms with Crippen molar-refractivity contribution in [2.24, 2.45) is 9.98 Å². The van der Waals surface area contributed by atoms with Gasteiger partial charge in [0.1, 0.15) is 17.8 Å². The van der Waals surface area contributed by atoms with Crippen LogP contribution in [0.3, 0.4) is 0 Å². The molecule has 55 heavy (non-hydrogen) atoms. The Balaban J connectivity index is 1.04. The van der Waals surface area contributed by atoms with Gasteiger partial charge in [0.15, 0.2) is 5.84 Å². The Labute approximate surface area is 319 Å². The fourth-order valence-corrected chi connectivity index (χ4v) is 7.61. The third kappa shape index (κ3) is 6.08. The fraction of sp³-hybridized carbons (Fsp3) is 0.0200. The smallest absolute Gasteiger partial charge is 0.159 e. The molecule has 0 radical (unpaired) electrons. The first kappa shape index (κ1) is 32.3. The molecule has 1 aliphatic rings. The number of fused-ring (bicyclic) bond motifs is 2. The van der Waals surface area contributed by atoms with Gasteiger partial charge in [-0.15, -0.1) is 0 Å². The normalized spacial score (nSPS) is 14.0. The number of hydrogen-bond acceptors (Lipinski definition) is 4. The van der Waals surface area contributed by atoms with E-state index < -0.39 is 0 Å². The molecular formula is C50H35N5. The van der Waals surface area contributed by atoms with Crippen LogP contribution < -0.4 is 5.32 Å². The zero-order valence-electron chi connectivity index (χ0n) is 29.9. The summed E-state index contributed by atoms with van der Waals surface area (Å²) in [6.45, 7) is 0. The van der Waals surface area contributed by atoms with E-state index in [0.717, 1.165) is 78.1 Å². The third-order valence-corrected chi connectivity index (χ3v) is 10.3. The summed E-state index contributed by atoms with van der Waals surface area (Å²) in [4.78, 5) is 15.4.